The lowest BCUT2D eigenvalue weighted by Gasteiger charge is -2.24. The van der Waals surface area contributed by atoms with Crippen LogP contribution in [0.3, 0.4) is 0 Å². The van der Waals surface area contributed by atoms with Gasteiger partial charge in [-0.25, -0.2) is 4.98 Å². The summed E-state index contributed by atoms with van der Waals surface area (Å²) in [5, 5.41) is 15.6. The number of aliphatic hydroxyl groups excluding tert-OH is 1. The van der Waals surface area contributed by atoms with Crippen molar-refractivity contribution < 1.29 is 19.5 Å². The van der Waals surface area contributed by atoms with E-state index in [4.69, 9.17) is 0 Å². The van der Waals surface area contributed by atoms with Gasteiger partial charge in [-0.05, 0) is 30.0 Å². The molecule has 0 bridgehead atoms. The second-order valence-corrected chi connectivity index (χ2v) is 9.75. The van der Waals surface area contributed by atoms with Gasteiger partial charge in [-0.2, -0.15) is 0 Å². The molecule has 0 unspecified atom stereocenters. The van der Waals surface area contributed by atoms with Gasteiger partial charge in [0.2, 0.25) is 17.7 Å². The summed E-state index contributed by atoms with van der Waals surface area (Å²) in [5.41, 5.74) is 5.85. The van der Waals surface area contributed by atoms with Crippen molar-refractivity contribution >= 4 is 29.1 Å². The molecule has 1 fully saturated rings. The predicted molar refractivity (Wildman–Crippen MR) is 138 cm³/mol. The fourth-order valence-electron chi connectivity index (χ4n) is 4.26. The van der Waals surface area contributed by atoms with E-state index in [1.165, 1.54) is 4.90 Å². The number of hydrogen-bond donors (Lipinski definition) is 3. The van der Waals surface area contributed by atoms with E-state index in [9.17, 15) is 19.5 Å². The molecule has 1 saturated heterocycles. The van der Waals surface area contributed by atoms with Gasteiger partial charge in [-0.3, -0.25) is 14.4 Å². The van der Waals surface area contributed by atoms with E-state index < -0.39 is 12.1 Å². The Morgan fingerprint density at radius 1 is 1.06 bits per heavy atom. The Kier molecular flexibility index (Phi) is 8.45. The van der Waals surface area contributed by atoms with Crippen molar-refractivity contribution in [2.24, 2.45) is 0 Å². The molecule has 188 valence electrons. The third-order valence-corrected chi connectivity index (χ3v) is 7.23. The molecular formula is C27H30N4O4S. The number of amides is 3. The molecule has 1 aliphatic rings. The third-order valence-electron chi connectivity index (χ3n) is 6.25. The Bertz CT molecular complexity index is 1200. The molecule has 2 atom stereocenters. The van der Waals surface area contributed by atoms with Crippen molar-refractivity contribution in [1.29, 1.82) is 0 Å². The lowest BCUT2D eigenvalue weighted by Crippen LogP contribution is -2.48. The van der Waals surface area contributed by atoms with Gasteiger partial charge in [0.1, 0.15) is 6.04 Å². The van der Waals surface area contributed by atoms with E-state index in [0.717, 1.165) is 27.3 Å². The van der Waals surface area contributed by atoms with E-state index in [1.54, 1.807) is 11.3 Å². The summed E-state index contributed by atoms with van der Waals surface area (Å²) in [6.07, 6.45) is 0.244. The van der Waals surface area contributed by atoms with Gasteiger partial charge < -0.3 is 20.6 Å². The van der Waals surface area contributed by atoms with Crippen LogP contribution < -0.4 is 10.6 Å². The Labute approximate surface area is 214 Å². The Morgan fingerprint density at radius 3 is 2.50 bits per heavy atom. The molecule has 8 nitrogen and oxygen atoms in total. The van der Waals surface area contributed by atoms with Crippen LogP contribution in [0.15, 0.2) is 60.1 Å². The van der Waals surface area contributed by atoms with Crippen molar-refractivity contribution in [3.8, 4) is 10.4 Å². The van der Waals surface area contributed by atoms with Crippen LogP contribution in [0, 0.1) is 6.92 Å². The summed E-state index contributed by atoms with van der Waals surface area (Å²) in [7, 11) is 0. The minimum atomic E-state index is -0.777. The SMILES string of the molecule is Cc1ncsc1-c1ccc(CNC(=O)[C@@H]2C[C@@H](O)CN2C(=O)CNC(=O)CCc2ccccc2)cc1. The zero-order valence-corrected chi connectivity index (χ0v) is 21.0. The largest absolute Gasteiger partial charge is 0.391 e. The van der Waals surface area contributed by atoms with Gasteiger partial charge in [0.15, 0.2) is 0 Å². The summed E-state index contributed by atoms with van der Waals surface area (Å²) < 4.78 is 0. The van der Waals surface area contributed by atoms with Crippen LogP contribution in [-0.2, 0) is 27.3 Å². The number of aromatic nitrogens is 1. The zero-order valence-electron chi connectivity index (χ0n) is 20.1. The predicted octanol–water partition coefficient (Wildman–Crippen LogP) is 2.45. The van der Waals surface area contributed by atoms with Crippen molar-refractivity contribution in [3.05, 3.63) is 76.9 Å². The molecule has 3 N–H and O–H groups in total. The van der Waals surface area contributed by atoms with Gasteiger partial charge in [0, 0.05) is 25.9 Å². The molecule has 0 aliphatic carbocycles. The second-order valence-electron chi connectivity index (χ2n) is 8.90. The van der Waals surface area contributed by atoms with Crippen molar-refractivity contribution in [2.45, 2.75) is 44.9 Å². The van der Waals surface area contributed by atoms with Crippen molar-refractivity contribution in [1.82, 2.24) is 20.5 Å². The first-order chi connectivity index (χ1) is 17.4. The van der Waals surface area contributed by atoms with E-state index >= 15 is 0 Å². The molecular weight excluding hydrogens is 476 g/mol. The average Bonchev–Trinajstić information content (AvgIpc) is 3.51. The summed E-state index contributed by atoms with van der Waals surface area (Å²) in [6, 6.07) is 16.8. The minimum Gasteiger partial charge on any atom is -0.391 e. The van der Waals surface area contributed by atoms with Gasteiger partial charge in [-0.15, -0.1) is 11.3 Å². The molecule has 3 aromatic rings. The number of β-amino-alcohol motifs (C(OH)–C–C–N with tert-alkyl or cyclic N) is 1. The highest BCUT2D eigenvalue weighted by Crippen LogP contribution is 2.27. The Hall–Kier alpha value is -3.56. The first-order valence-electron chi connectivity index (χ1n) is 12.0. The Balaban J connectivity index is 1.26. The zero-order chi connectivity index (χ0) is 25.5. The monoisotopic (exact) mass is 506 g/mol. The van der Waals surface area contributed by atoms with Crippen LogP contribution >= 0.6 is 11.3 Å². The number of nitrogens with zero attached hydrogens (tertiary/aromatic N) is 2. The van der Waals surface area contributed by atoms with Crippen molar-refractivity contribution in [3.63, 3.8) is 0 Å². The van der Waals surface area contributed by atoms with Gasteiger partial charge in [0.25, 0.3) is 0 Å². The minimum absolute atomic E-state index is 0.0691. The number of rotatable bonds is 9. The number of carbonyl (C=O) groups is 3. The molecule has 0 radical (unpaired) electrons. The molecule has 2 aromatic carbocycles. The average molecular weight is 507 g/mol. The van der Waals surface area contributed by atoms with Gasteiger partial charge in [0.05, 0.1) is 28.7 Å². The van der Waals surface area contributed by atoms with Crippen LogP contribution in [0.4, 0.5) is 0 Å². The molecule has 3 amide bonds. The standard InChI is InChI=1S/C27H30N4O4S/c1-18-26(36-17-30-18)21-10-7-20(8-11-21)14-29-27(35)23-13-22(32)16-31(23)25(34)15-28-24(33)12-9-19-5-3-2-4-6-19/h2-8,10-11,17,22-23,32H,9,12-16H2,1H3,(H,28,33)(H,29,35)/t22-,23+/m1/s1. The molecule has 0 spiro atoms. The third kappa shape index (κ3) is 6.56. The highest BCUT2D eigenvalue weighted by Gasteiger charge is 2.38. The summed E-state index contributed by atoms with van der Waals surface area (Å²) in [4.78, 5) is 44.5. The second kappa shape index (κ2) is 11.9. The van der Waals surface area contributed by atoms with Crippen LogP contribution in [0.25, 0.3) is 10.4 Å². The van der Waals surface area contributed by atoms with Crippen LogP contribution in [0.2, 0.25) is 0 Å². The van der Waals surface area contributed by atoms with Gasteiger partial charge >= 0.3 is 0 Å². The van der Waals surface area contributed by atoms with Crippen LogP contribution in [-0.4, -0.2) is 57.9 Å². The van der Waals surface area contributed by atoms with Gasteiger partial charge in [-0.1, -0.05) is 54.6 Å². The fourth-order valence-corrected chi connectivity index (χ4v) is 5.08. The topological polar surface area (TPSA) is 112 Å². The van der Waals surface area contributed by atoms with E-state index in [2.05, 4.69) is 15.6 Å². The highest BCUT2D eigenvalue weighted by molar-refractivity contribution is 7.13. The quantitative estimate of drug-likeness (QED) is 0.413. The maximum atomic E-state index is 12.9. The summed E-state index contributed by atoms with van der Waals surface area (Å²) in [6.45, 7) is 2.15. The van der Waals surface area contributed by atoms with Crippen molar-refractivity contribution in [2.75, 3.05) is 13.1 Å². The molecule has 4 rings (SSSR count). The molecule has 36 heavy (non-hydrogen) atoms. The smallest absolute Gasteiger partial charge is 0.243 e. The van der Waals surface area contributed by atoms with E-state index in [1.807, 2.05) is 67.0 Å². The number of hydrogen-bond acceptors (Lipinski definition) is 6. The maximum absolute atomic E-state index is 12.9. The first kappa shape index (κ1) is 25.5. The lowest BCUT2D eigenvalue weighted by atomic mass is 10.1. The number of benzene rings is 2. The summed E-state index contributed by atoms with van der Waals surface area (Å²) >= 11 is 1.59. The lowest BCUT2D eigenvalue weighted by molar-refractivity contribution is -0.138. The molecule has 0 saturated carbocycles. The fraction of sp³-hybridized carbons (Fsp3) is 0.333. The number of aryl methyl sites for hydroxylation is 2. The number of carbonyl (C=O) groups excluding carboxylic acids is 3. The van der Waals surface area contributed by atoms with Crippen LogP contribution in [0.5, 0.6) is 0 Å². The number of likely N-dealkylation sites (tertiary alicyclic amines) is 1. The van der Waals surface area contributed by atoms with Crippen LogP contribution in [0.1, 0.15) is 29.7 Å². The molecule has 2 heterocycles. The molecule has 1 aliphatic heterocycles. The number of nitrogens with one attached hydrogen (secondary N) is 2. The normalized spacial score (nSPS) is 17.1. The molecule has 1 aromatic heterocycles. The summed E-state index contributed by atoms with van der Waals surface area (Å²) in [5.74, 6) is -0.938. The first-order valence-corrected chi connectivity index (χ1v) is 12.8. The number of aliphatic hydroxyl groups is 1. The Morgan fingerprint density at radius 2 is 1.81 bits per heavy atom. The molecule has 9 heteroatoms. The maximum Gasteiger partial charge on any atom is 0.243 e. The van der Waals surface area contributed by atoms with E-state index in [-0.39, 0.29) is 43.7 Å². The highest BCUT2D eigenvalue weighted by atomic mass is 32.1. The van der Waals surface area contributed by atoms with E-state index in [0.29, 0.717) is 13.0 Å². The number of thiazole rings is 1.